The van der Waals surface area contributed by atoms with Crippen molar-refractivity contribution in [3.05, 3.63) is 53.2 Å². The molecule has 0 aliphatic heterocycles. The van der Waals surface area contributed by atoms with Gasteiger partial charge in [-0.3, -0.25) is 4.99 Å². The fraction of sp³-hybridized carbons (Fsp3) is 0.412. The van der Waals surface area contributed by atoms with E-state index in [0.29, 0.717) is 25.0 Å². The van der Waals surface area contributed by atoms with Crippen molar-refractivity contribution in [1.82, 2.24) is 15.8 Å². The van der Waals surface area contributed by atoms with E-state index in [2.05, 4.69) is 34.6 Å². The molecule has 0 radical (unpaired) electrons. The quantitative estimate of drug-likeness (QED) is 0.406. The number of nitrogens with one attached hydrogen (secondary N) is 2. The van der Waals surface area contributed by atoms with Gasteiger partial charge in [0.15, 0.2) is 11.7 Å². The highest BCUT2D eigenvalue weighted by molar-refractivity contribution is 14.0. The Kier molecular flexibility index (Phi) is 8.73. The fourth-order valence-electron chi connectivity index (χ4n) is 2.05. The van der Waals surface area contributed by atoms with Gasteiger partial charge in [-0.1, -0.05) is 31.1 Å². The van der Waals surface area contributed by atoms with Crippen LogP contribution in [0.1, 0.15) is 36.8 Å². The maximum Gasteiger partial charge on any atom is 0.191 e. The zero-order chi connectivity index (χ0) is 16.7. The molecule has 1 heterocycles. The minimum absolute atomic E-state index is 0. The summed E-state index contributed by atoms with van der Waals surface area (Å²) in [6.07, 6.45) is 0.792. The summed E-state index contributed by atoms with van der Waals surface area (Å²) in [5, 5.41) is 10.4. The molecule has 2 rings (SSSR count). The van der Waals surface area contributed by atoms with Crippen LogP contribution in [0.3, 0.4) is 0 Å². The highest BCUT2D eigenvalue weighted by Crippen LogP contribution is 2.13. The molecule has 0 aliphatic rings. The topological polar surface area (TPSA) is 62.5 Å². The van der Waals surface area contributed by atoms with E-state index in [1.54, 1.807) is 19.2 Å². The summed E-state index contributed by atoms with van der Waals surface area (Å²) in [4.78, 5) is 4.16. The third kappa shape index (κ3) is 6.46. The van der Waals surface area contributed by atoms with Gasteiger partial charge in [-0.15, -0.1) is 24.0 Å². The Bertz CT molecular complexity index is 640. The maximum atomic E-state index is 12.8. The number of rotatable bonds is 6. The Balaban J connectivity index is 0.00000288. The highest BCUT2D eigenvalue weighted by Gasteiger charge is 2.08. The summed E-state index contributed by atoms with van der Waals surface area (Å²) in [6, 6.07) is 8.46. The van der Waals surface area contributed by atoms with Crippen molar-refractivity contribution in [1.29, 1.82) is 0 Å². The molecule has 5 nitrogen and oxygen atoms in total. The lowest BCUT2D eigenvalue weighted by molar-refractivity contribution is 0.372. The van der Waals surface area contributed by atoms with Gasteiger partial charge in [0.1, 0.15) is 5.82 Å². The Labute approximate surface area is 159 Å². The van der Waals surface area contributed by atoms with Crippen molar-refractivity contribution < 1.29 is 8.91 Å². The molecule has 0 spiro atoms. The first-order chi connectivity index (χ1) is 11.1. The summed E-state index contributed by atoms with van der Waals surface area (Å²) < 4.78 is 18.1. The molecule has 1 aromatic carbocycles. The first-order valence-electron chi connectivity index (χ1n) is 7.73. The normalized spacial score (nSPS) is 11.3. The van der Waals surface area contributed by atoms with E-state index in [9.17, 15) is 4.39 Å². The molecule has 0 saturated heterocycles. The molecule has 132 valence electrons. The SMILES string of the molecule is CN=C(NCCc1ccc(F)cc1)NCc1cc(C(C)C)no1.I. The van der Waals surface area contributed by atoms with Crippen molar-refractivity contribution in [2.45, 2.75) is 32.7 Å². The molecule has 2 N–H and O–H groups in total. The molecule has 2 aromatic rings. The van der Waals surface area contributed by atoms with Crippen LogP contribution in [-0.4, -0.2) is 24.7 Å². The van der Waals surface area contributed by atoms with E-state index in [-0.39, 0.29) is 29.8 Å². The summed E-state index contributed by atoms with van der Waals surface area (Å²) >= 11 is 0. The second kappa shape index (κ2) is 10.3. The average Bonchev–Trinajstić information content (AvgIpc) is 3.01. The Hall–Kier alpha value is -1.64. The second-order valence-corrected chi connectivity index (χ2v) is 5.60. The number of aromatic nitrogens is 1. The third-order valence-corrected chi connectivity index (χ3v) is 3.44. The van der Waals surface area contributed by atoms with Crippen molar-refractivity contribution >= 4 is 29.9 Å². The standard InChI is InChI=1S/C17H23FN4O.HI/c1-12(2)16-10-15(23-22-16)11-21-17(19-3)20-9-8-13-4-6-14(18)7-5-13;/h4-7,10,12H,8-9,11H2,1-3H3,(H2,19,20,21);1H. The van der Waals surface area contributed by atoms with Gasteiger partial charge in [0.2, 0.25) is 0 Å². The van der Waals surface area contributed by atoms with Crippen LogP contribution >= 0.6 is 24.0 Å². The summed E-state index contributed by atoms with van der Waals surface area (Å²) in [5.41, 5.74) is 2.02. The van der Waals surface area contributed by atoms with E-state index in [4.69, 9.17) is 4.52 Å². The minimum Gasteiger partial charge on any atom is -0.359 e. The lowest BCUT2D eigenvalue weighted by Crippen LogP contribution is -2.37. The molecule has 0 fully saturated rings. The molecule has 24 heavy (non-hydrogen) atoms. The molecular weight excluding hydrogens is 422 g/mol. The summed E-state index contributed by atoms with van der Waals surface area (Å²) in [6.45, 7) is 5.38. The van der Waals surface area contributed by atoms with Gasteiger partial charge < -0.3 is 15.2 Å². The smallest absolute Gasteiger partial charge is 0.191 e. The fourth-order valence-corrected chi connectivity index (χ4v) is 2.05. The van der Waals surface area contributed by atoms with E-state index in [1.807, 2.05) is 6.07 Å². The van der Waals surface area contributed by atoms with Crippen molar-refractivity contribution in [3.63, 3.8) is 0 Å². The molecule has 0 amide bonds. The van der Waals surface area contributed by atoms with Crippen LogP contribution in [0.25, 0.3) is 0 Å². The van der Waals surface area contributed by atoms with Crippen LogP contribution in [0.5, 0.6) is 0 Å². The van der Waals surface area contributed by atoms with Gasteiger partial charge in [-0.25, -0.2) is 4.39 Å². The van der Waals surface area contributed by atoms with Gasteiger partial charge in [0, 0.05) is 19.7 Å². The molecule has 0 bridgehead atoms. The van der Waals surface area contributed by atoms with Crippen LogP contribution in [0.15, 0.2) is 39.8 Å². The van der Waals surface area contributed by atoms with Crippen molar-refractivity contribution in [2.24, 2.45) is 4.99 Å². The number of nitrogens with zero attached hydrogens (tertiary/aromatic N) is 2. The summed E-state index contributed by atoms with van der Waals surface area (Å²) in [7, 11) is 1.72. The first kappa shape index (κ1) is 20.4. The molecule has 0 atom stereocenters. The van der Waals surface area contributed by atoms with Gasteiger partial charge in [-0.2, -0.15) is 0 Å². The average molecular weight is 446 g/mol. The van der Waals surface area contributed by atoms with Gasteiger partial charge in [0.05, 0.1) is 12.2 Å². The molecule has 0 saturated carbocycles. The Morgan fingerprint density at radius 2 is 1.96 bits per heavy atom. The third-order valence-electron chi connectivity index (χ3n) is 3.44. The van der Waals surface area contributed by atoms with E-state index >= 15 is 0 Å². The van der Waals surface area contributed by atoms with Gasteiger partial charge >= 0.3 is 0 Å². The Morgan fingerprint density at radius 1 is 1.25 bits per heavy atom. The number of guanidine groups is 1. The van der Waals surface area contributed by atoms with Crippen LogP contribution in [-0.2, 0) is 13.0 Å². The second-order valence-electron chi connectivity index (χ2n) is 5.60. The molecule has 0 unspecified atom stereocenters. The maximum absolute atomic E-state index is 12.8. The Morgan fingerprint density at radius 3 is 2.54 bits per heavy atom. The van der Waals surface area contributed by atoms with Gasteiger partial charge in [0.25, 0.3) is 0 Å². The van der Waals surface area contributed by atoms with E-state index < -0.39 is 0 Å². The van der Waals surface area contributed by atoms with E-state index in [1.165, 1.54) is 12.1 Å². The van der Waals surface area contributed by atoms with Crippen LogP contribution in [0.2, 0.25) is 0 Å². The molecule has 1 aromatic heterocycles. The summed E-state index contributed by atoms with van der Waals surface area (Å²) in [5.74, 6) is 1.59. The van der Waals surface area contributed by atoms with Crippen molar-refractivity contribution in [2.75, 3.05) is 13.6 Å². The van der Waals surface area contributed by atoms with Crippen molar-refractivity contribution in [3.8, 4) is 0 Å². The monoisotopic (exact) mass is 446 g/mol. The number of benzene rings is 1. The lowest BCUT2D eigenvalue weighted by atomic mass is 10.1. The zero-order valence-corrected chi connectivity index (χ0v) is 16.5. The number of hydrogen-bond acceptors (Lipinski definition) is 3. The minimum atomic E-state index is -0.216. The largest absolute Gasteiger partial charge is 0.359 e. The zero-order valence-electron chi connectivity index (χ0n) is 14.2. The predicted octanol–water partition coefficient (Wildman–Crippen LogP) is 3.46. The van der Waals surface area contributed by atoms with E-state index in [0.717, 1.165) is 23.4 Å². The van der Waals surface area contributed by atoms with Gasteiger partial charge in [-0.05, 0) is 30.0 Å². The number of aliphatic imine (C=N–C) groups is 1. The lowest BCUT2D eigenvalue weighted by Gasteiger charge is -2.10. The molecular formula is C17H24FIN4O. The van der Waals surface area contributed by atoms with Crippen LogP contribution < -0.4 is 10.6 Å². The van der Waals surface area contributed by atoms with Crippen LogP contribution in [0.4, 0.5) is 4.39 Å². The predicted molar refractivity (Wildman–Crippen MR) is 104 cm³/mol. The molecule has 0 aliphatic carbocycles. The molecule has 7 heteroatoms. The number of halogens is 2. The van der Waals surface area contributed by atoms with Crippen LogP contribution in [0, 0.1) is 5.82 Å². The first-order valence-corrected chi connectivity index (χ1v) is 7.73. The number of hydrogen-bond donors (Lipinski definition) is 2. The highest BCUT2D eigenvalue weighted by atomic mass is 127.